The maximum Gasteiger partial charge on any atom is 0.233 e. The predicted octanol–water partition coefficient (Wildman–Crippen LogP) is 5.55. The Morgan fingerprint density at radius 1 is 1.23 bits per heavy atom. The van der Waals surface area contributed by atoms with Crippen LogP contribution in [0, 0.1) is 12.7 Å². The van der Waals surface area contributed by atoms with Crippen molar-refractivity contribution in [3.8, 4) is 5.75 Å². The number of aryl methyl sites for hydroxylation is 1. The number of phenolic OH excluding ortho intramolecular Hbond substituents is 1. The van der Waals surface area contributed by atoms with E-state index in [-0.39, 0.29) is 29.7 Å². The first-order valence-corrected chi connectivity index (χ1v) is 10.5. The topological polar surface area (TPSA) is 75.4 Å². The molecule has 2 aliphatic rings. The number of Topliss-reactive ketones (excluding diaryl/α,β-unsaturated/α-hetero) is 1. The van der Waals surface area contributed by atoms with E-state index in [1.807, 2.05) is 25.1 Å². The van der Waals surface area contributed by atoms with Crippen LogP contribution in [-0.4, -0.2) is 16.0 Å². The van der Waals surface area contributed by atoms with Gasteiger partial charge in [0.2, 0.25) is 5.88 Å². The maximum absolute atomic E-state index is 14.4. The Balaban J connectivity index is 1.64. The van der Waals surface area contributed by atoms with Crippen molar-refractivity contribution in [3.05, 3.63) is 86.4 Å². The van der Waals surface area contributed by atoms with Gasteiger partial charge in [0.05, 0.1) is 15.7 Å². The van der Waals surface area contributed by atoms with Gasteiger partial charge in [-0.2, -0.15) is 0 Å². The summed E-state index contributed by atoms with van der Waals surface area (Å²) < 4.78 is 20.2. The first-order valence-electron chi connectivity index (χ1n) is 9.66. The molecule has 2 aromatic carbocycles. The van der Waals surface area contributed by atoms with Crippen LogP contribution >= 0.6 is 15.9 Å². The van der Waals surface area contributed by atoms with Crippen LogP contribution in [0.15, 0.2) is 62.7 Å². The van der Waals surface area contributed by atoms with Crippen LogP contribution in [0.3, 0.4) is 0 Å². The van der Waals surface area contributed by atoms with Crippen LogP contribution in [0.25, 0.3) is 0 Å². The van der Waals surface area contributed by atoms with Crippen molar-refractivity contribution in [2.75, 3.05) is 5.32 Å². The zero-order valence-electron chi connectivity index (χ0n) is 16.1. The van der Waals surface area contributed by atoms with Gasteiger partial charge in [0.25, 0.3) is 0 Å². The van der Waals surface area contributed by atoms with Gasteiger partial charge >= 0.3 is 0 Å². The average molecular weight is 469 g/mol. The van der Waals surface area contributed by atoms with Crippen molar-refractivity contribution < 1.29 is 18.8 Å². The molecular formula is C23H18BrFN2O3. The summed E-state index contributed by atoms with van der Waals surface area (Å²) >= 11 is 3.19. The van der Waals surface area contributed by atoms with Crippen LogP contribution < -0.4 is 5.32 Å². The third-order valence-electron chi connectivity index (χ3n) is 5.91. The molecule has 0 radical (unpaired) electrons. The van der Waals surface area contributed by atoms with Gasteiger partial charge < -0.3 is 14.9 Å². The van der Waals surface area contributed by atoms with Crippen LogP contribution in [0.2, 0.25) is 0 Å². The minimum absolute atomic E-state index is 0.0309. The molecule has 2 N–H and O–H groups in total. The number of rotatable bonds is 2. The highest BCUT2D eigenvalue weighted by Gasteiger charge is 2.41. The summed E-state index contributed by atoms with van der Waals surface area (Å²) in [5.41, 5.74) is 4.17. The molecule has 0 bridgehead atoms. The molecule has 0 fully saturated rings. The standard InChI is InChI=1S/C23H18BrFN2O3/c1-11-20-21(12-6-7-15(24)16(25)8-12)22-17(26-23(20)30-27-11)9-13(10-19(22)29)14-4-2-3-5-18(14)28/h2-8,13,21,26,28H,9-10H2,1H3/t13-,21-/m0/s1. The van der Waals surface area contributed by atoms with E-state index < -0.39 is 5.92 Å². The first kappa shape index (κ1) is 19.1. The summed E-state index contributed by atoms with van der Waals surface area (Å²) in [6, 6.07) is 12.0. The number of nitrogens with one attached hydrogen (secondary N) is 1. The second-order valence-corrected chi connectivity index (χ2v) is 8.58. The summed E-state index contributed by atoms with van der Waals surface area (Å²) in [5, 5.41) is 17.6. The predicted molar refractivity (Wildman–Crippen MR) is 113 cm³/mol. The van der Waals surface area contributed by atoms with Crippen molar-refractivity contribution in [1.29, 1.82) is 0 Å². The monoisotopic (exact) mass is 468 g/mol. The molecule has 0 spiro atoms. The molecular weight excluding hydrogens is 451 g/mol. The van der Waals surface area contributed by atoms with Crippen LogP contribution in [0.1, 0.15) is 47.1 Å². The quantitative estimate of drug-likeness (QED) is 0.515. The number of hydrogen-bond acceptors (Lipinski definition) is 5. The number of para-hydroxylation sites is 1. The third-order valence-corrected chi connectivity index (χ3v) is 6.55. The maximum atomic E-state index is 14.4. The lowest BCUT2D eigenvalue weighted by molar-refractivity contribution is -0.116. The minimum Gasteiger partial charge on any atom is -0.508 e. The van der Waals surface area contributed by atoms with Crippen molar-refractivity contribution >= 4 is 27.6 Å². The second-order valence-electron chi connectivity index (χ2n) is 7.72. The van der Waals surface area contributed by atoms with E-state index in [9.17, 15) is 14.3 Å². The lowest BCUT2D eigenvalue weighted by Gasteiger charge is -2.34. The number of ketones is 1. The summed E-state index contributed by atoms with van der Waals surface area (Å²) in [6.45, 7) is 1.82. The lowest BCUT2D eigenvalue weighted by atomic mass is 9.72. The van der Waals surface area contributed by atoms with Crippen LogP contribution in [0.4, 0.5) is 10.3 Å². The highest BCUT2D eigenvalue weighted by molar-refractivity contribution is 9.10. The van der Waals surface area contributed by atoms with E-state index in [0.717, 1.165) is 16.8 Å². The fourth-order valence-electron chi connectivity index (χ4n) is 4.55. The van der Waals surface area contributed by atoms with Gasteiger partial charge in [0.15, 0.2) is 5.78 Å². The number of anilines is 1. The first-order chi connectivity index (χ1) is 14.4. The van der Waals surface area contributed by atoms with Gasteiger partial charge in [-0.15, -0.1) is 0 Å². The largest absolute Gasteiger partial charge is 0.508 e. The molecule has 0 unspecified atom stereocenters. The van der Waals surface area contributed by atoms with E-state index in [2.05, 4.69) is 26.4 Å². The van der Waals surface area contributed by atoms with Crippen molar-refractivity contribution in [1.82, 2.24) is 5.16 Å². The molecule has 1 aromatic heterocycles. The number of carbonyl (C=O) groups is 1. The average Bonchev–Trinajstić information content (AvgIpc) is 3.09. The van der Waals surface area contributed by atoms with Crippen molar-refractivity contribution in [3.63, 3.8) is 0 Å². The number of aromatic nitrogens is 1. The zero-order valence-corrected chi connectivity index (χ0v) is 17.7. The van der Waals surface area contributed by atoms with E-state index >= 15 is 0 Å². The van der Waals surface area contributed by atoms with E-state index in [1.54, 1.807) is 18.2 Å². The molecule has 152 valence electrons. The second kappa shape index (κ2) is 7.09. The Hall–Kier alpha value is -2.93. The number of nitrogens with zero attached hydrogens (tertiary/aromatic N) is 1. The molecule has 0 amide bonds. The minimum atomic E-state index is -0.456. The Morgan fingerprint density at radius 2 is 2.03 bits per heavy atom. The molecule has 1 aliphatic heterocycles. The molecule has 0 saturated carbocycles. The Kier molecular flexibility index (Phi) is 4.50. The van der Waals surface area contributed by atoms with E-state index in [4.69, 9.17) is 4.52 Å². The SMILES string of the molecule is Cc1noc2c1[C@H](c1ccc(Br)c(F)c1)C1=C(C[C@H](c3ccccc3O)CC1=O)N2. The number of halogens is 2. The number of fused-ring (bicyclic) bond motifs is 1. The Morgan fingerprint density at radius 3 is 2.80 bits per heavy atom. The molecule has 7 heteroatoms. The van der Waals surface area contributed by atoms with Gasteiger partial charge in [-0.3, -0.25) is 4.79 Å². The van der Waals surface area contributed by atoms with Crippen molar-refractivity contribution in [2.45, 2.75) is 31.6 Å². The molecule has 1 aliphatic carbocycles. The van der Waals surface area contributed by atoms with Gasteiger partial charge in [-0.25, -0.2) is 4.39 Å². The number of aromatic hydroxyl groups is 1. The van der Waals surface area contributed by atoms with Crippen molar-refractivity contribution in [2.24, 2.45) is 0 Å². The van der Waals surface area contributed by atoms with Gasteiger partial charge in [-0.05, 0) is 58.6 Å². The zero-order chi connectivity index (χ0) is 21.0. The smallest absolute Gasteiger partial charge is 0.233 e. The molecule has 0 saturated heterocycles. The lowest BCUT2D eigenvalue weighted by Crippen LogP contribution is -2.29. The number of carbonyl (C=O) groups excluding carboxylic acids is 1. The molecule has 5 nitrogen and oxygen atoms in total. The summed E-state index contributed by atoms with van der Waals surface area (Å²) in [5.74, 6) is -0.375. The summed E-state index contributed by atoms with van der Waals surface area (Å²) in [6.07, 6.45) is 0.806. The van der Waals surface area contributed by atoms with Crippen LogP contribution in [0.5, 0.6) is 5.75 Å². The normalized spacial score (nSPS) is 20.6. The number of benzene rings is 2. The number of hydrogen-bond donors (Lipinski definition) is 2. The van der Waals surface area contributed by atoms with Gasteiger partial charge in [0.1, 0.15) is 11.6 Å². The van der Waals surface area contributed by atoms with Gasteiger partial charge in [0, 0.05) is 29.5 Å². The Bertz CT molecular complexity index is 1220. The fraction of sp³-hybridized carbons (Fsp3) is 0.217. The number of allylic oxidation sites excluding steroid dienone is 2. The molecule has 2 heterocycles. The molecule has 5 rings (SSSR count). The fourth-order valence-corrected chi connectivity index (χ4v) is 4.80. The van der Waals surface area contributed by atoms with E-state index in [0.29, 0.717) is 33.6 Å². The summed E-state index contributed by atoms with van der Waals surface area (Å²) in [4.78, 5) is 13.4. The number of phenols is 1. The van der Waals surface area contributed by atoms with Crippen LogP contribution in [-0.2, 0) is 4.79 Å². The highest BCUT2D eigenvalue weighted by atomic mass is 79.9. The molecule has 30 heavy (non-hydrogen) atoms. The van der Waals surface area contributed by atoms with Gasteiger partial charge in [-0.1, -0.05) is 29.4 Å². The molecule has 3 aromatic rings. The molecule has 2 atom stereocenters. The van der Waals surface area contributed by atoms with E-state index in [1.165, 1.54) is 6.07 Å². The summed E-state index contributed by atoms with van der Waals surface area (Å²) in [7, 11) is 0. The third kappa shape index (κ3) is 2.96. The Labute approximate surface area is 180 Å². The highest BCUT2D eigenvalue weighted by Crippen LogP contribution is 2.49.